The average molecular weight is 195 g/mol. The molecule has 1 aromatic heterocycles. The molecule has 1 N–H and O–H groups in total. The van der Waals surface area contributed by atoms with Crippen LogP contribution in [-0.4, -0.2) is 6.54 Å². The van der Waals surface area contributed by atoms with E-state index in [-0.39, 0.29) is 0 Å². The van der Waals surface area contributed by atoms with Gasteiger partial charge in [-0.3, -0.25) is 0 Å². The van der Waals surface area contributed by atoms with Crippen LogP contribution in [0.15, 0.2) is 16.5 Å². The zero-order valence-electron chi connectivity index (χ0n) is 9.47. The maximum absolute atomic E-state index is 5.58. The van der Waals surface area contributed by atoms with Crippen LogP contribution in [0.25, 0.3) is 0 Å². The molecule has 0 aliphatic carbocycles. The molecular formula is C12H21NO. The zero-order valence-corrected chi connectivity index (χ0v) is 9.47. The molecule has 1 aromatic rings. The van der Waals surface area contributed by atoms with Crippen molar-refractivity contribution in [1.29, 1.82) is 0 Å². The van der Waals surface area contributed by atoms with Crippen molar-refractivity contribution in [3.8, 4) is 0 Å². The zero-order chi connectivity index (χ0) is 10.4. The van der Waals surface area contributed by atoms with Gasteiger partial charge in [0.1, 0.15) is 11.5 Å². The lowest BCUT2D eigenvalue weighted by atomic mass is 10.1. The second kappa shape index (κ2) is 5.86. The molecule has 2 heteroatoms. The quantitative estimate of drug-likeness (QED) is 0.706. The van der Waals surface area contributed by atoms with E-state index in [9.17, 15) is 0 Å². The van der Waals surface area contributed by atoms with Gasteiger partial charge in [-0.15, -0.1) is 0 Å². The minimum Gasteiger partial charge on any atom is -0.465 e. The monoisotopic (exact) mass is 195 g/mol. The summed E-state index contributed by atoms with van der Waals surface area (Å²) in [5.74, 6) is 2.89. The minimum atomic E-state index is 0.769. The van der Waals surface area contributed by atoms with Crippen LogP contribution in [0.2, 0.25) is 0 Å². The molecule has 1 heterocycles. The van der Waals surface area contributed by atoms with Crippen LogP contribution in [0, 0.1) is 5.92 Å². The van der Waals surface area contributed by atoms with Crippen LogP contribution >= 0.6 is 0 Å². The van der Waals surface area contributed by atoms with Gasteiger partial charge < -0.3 is 9.73 Å². The number of hydrogen-bond acceptors (Lipinski definition) is 2. The molecule has 0 aliphatic heterocycles. The topological polar surface area (TPSA) is 25.2 Å². The third kappa shape index (κ3) is 3.97. The molecule has 1 rings (SSSR count). The third-order valence-electron chi connectivity index (χ3n) is 2.26. The van der Waals surface area contributed by atoms with Crippen molar-refractivity contribution >= 4 is 0 Å². The van der Waals surface area contributed by atoms with E-state index < -0.39 is 0 Å². The molecule has 0 bridgehead atoms. The third-order valence-corrected chi connectivity index (χ3v) is 2.26. The molecule has 0 aromatic carbocycles. The average Bonchev–Trinajstić information content (AvgIpc) is 2.60. The van der Waals surface area contributed by atoms with Crippen LogP contribution in [0.5, 0.6) is 0 Å². The van der Waals surface area contributed by atoms with Gasteiger partial charge in [0.2, 0.25) is 0 Å². The molecule has 80 valence electrons. The van der Waals surface area contributed by atoms with Gasteiger partial charge in [0.25, 0.3) is 0 Å². The summed E-state index contributed by atoms with van der Waals surface area (Å²) in [6, 6.07) is 4.11. The Balaban J connectivity index is 2.18. The van der Waals surface area contributed by atoms with E-state index >= 15 is 0 Å². The summed E-state index contributed by atoms with van der Waals surface area (Å²) < 4.78 is 5.58. The van der Waals surface area contributed by atoms with E-state index in [4.69, 9.17) is 4.42 Å². The van der Waals surface area contributed by atoms with Gasteiger partial charge in [-0.25, -0.2) is 0 Å². The molecule has 0 radical (unpaired) electrons. The normalized spacial score (nSPS) is 11.1. The highest BCUT2D eigenvalue weighted by molar-refractivity contribution is 5.06. The van der Waals surface area contributed by atoms with Crippen LogP contribution < -0.4 is 5.32 Å². The Kier molecular flexibility index (Phi) is 4.74. The number of rotatable bonds is 6. The first-order chi connectivity index (χ1) is 6.72. The van der Waals surface area contributed by atoms with Gasteiger partial charge in [0.05, 0.1) is 6.54 Å². The van der Waals surface area contributed by atoms with Crippen molar-refractivity contribution in [3.63, 3.8) is 0 Å². The number of furan rings is 1. The van der Waals surface area contributed by atoms with E-state index in [0.29, 0.717) is 0 Å². The second-order valence-electron chi connectivity index (χ2n) is 4.08. The Morgan fingerprint density at radius 1 is 1.29 bits per heavy atom. The summed E-state index contributed by atoms with van der Waals surface area (Å²) in [7, 11) is 0. The Hall–Kier alpha value is -0.760. The summed E-state index contributed by atoms with van der Waals surface area (Å²) in [5.41, 5.74) is 0. The molecule has 0 aliphatic rings. The van der Waals surface area contributed by atoms with Crippen LogP contribution in [0.1, 0.15) is 38.7 Å². The molecule has 0 saturated heterocycles. The van der Waals surface area contributed by atoms with Gasteiger partial charge in [-0.2, -0.15) is 0 Å². The maximum Gasteiger partial charge on any atom is 0.117 e. The molecule has 0 amide bonds. The van der Waals surface area contributed by atoms with E-state index in [1.165, 1.54) is 6.42 Å². The standard InChI is InChI=1S/C12H21NO/c1-4-11-5-6-12(14-11)9-13-8-7-10(2)3/h5-6,10,13H,4,7-9H2,1-3H3. The van der Waals surface area contributed by atoms with E-state index in [1.54, 1.807) is 0 Å². The predicted octanol–water partition coefficient (Wildman–Crippen LogP) is 2.98. The summed E-state index contributed by atoms with van der Waals surface area (Å²) in [6.45, 7) is 8.51. The summed E-state index contributed by atoms with van der Waals surface area (Å²) >= 11 is 0. The number of nitrogens with one attached hydrogen (secondary N) is 1. The summed E-state index contributed by atoms with van der Waals surface area (Å²) in [6.07, 6.45) is 2.20. The van der Waals surface area contributed by atoms with Crippen molar-refractivity contribution in [1.82, 2.24) is 5.32 Å². The maximum atomic E-state index is 5.58. The Morgan fingerprint density at radius 2 is 2.00 bits per heavy atom. The van der Waals surface area contributed by atoms with Crippen molar-refractivity contribution in [3.05, 3.63) is 23.7 Å². The van der Waals surface area contributed by atoms with Crippen molar-refractivity contribution < 1.29 is 4.42 Å². The Bertz CT molecular complexity index is 253. The lowest BCUT2D eigenvalue weighted by Gasteiger charge is -2.04. The van der Waals surface area contributed by atoms with Gasteiger partial charge >= 0.3 is 0 Å². The Morgan fingerprint density at radius 3 is 2.57 bits per heavy atom. The molecule has 14 heavy (non-hydrogen) atoms. The van der Waals surface area contributed by atoms with Gasteiger partial charge in [0, 0.05) is 6.42 Å². The summed E-state index contributed by atoms with van der Waals surface area (Å²) in [5, 5.41) is 3.38. The highest BCUT2D eigenvalue weighted by Crippen LogP contribution is 2.07. The van der Waals surface area contributed by atoms with E-state index in [2.05, 4.69) is 38.2 Å². The SMILES string of the molecule is CCc1ccc(CNCCC(C)C)o1. The first kappa shape index (κ1) is 11.3. The predicted molar refractivity (Wildman–Crippen MR) is 59.2 cm³/mol. The van der Waals surface area contributed by atoms with Crippen molar-refractivity contribution in [2.45, 2.75) is 40.2 Å². The van der Waals surface area contributed by atoms with Crippen LogP contribution in [0.4, 0.5) is 0 Å². The lowest BCUT2D eigenvalue weighted by molar-refractivity contribution is 0.442. The number of hydrogen-bond donors (Lipinski definition) is 1. The molecule has 0 spiro atoms. The molecule has 2 nitrogen and oxygen atoms in total. The molecule has 0 saturated carbocycles. The highest BCUT2D eigenvalue weighted by atomic mass is 16.3. The first-order valence-electron chi connectivity index (χ1n) is 5.50. The smallest absolute Gasteiger partial charge is 0.117 e. The van der Waals surface area contributed by atoms with Gasteiger partial charge in [-0.05, 0) is 31.0 Å². The largest absolute Gasteiger partial charge is 0.465 e. The number of aryl methyl sites for hydroxylation is 1. The highest BCUT2D eigenvalue weighted by Gasteiger charge is 1.99. The van der Waals surface area contributed by atoms with Crippen LogP contribution in [-0.2, 0) is 13.0 Å². The fraction of sp³-hybridized carbons (Fsp3) is 0.667. The molecule has 0 fully saturated rings. The molecule has 0 atom stereocenters. The van der Waals surface area contributed by atoms with Crippen molar-refractivity contribution in [2.75, 3.05) is 6.54 Å². The van der Waals surface area contributed by atoms with Crippen LogP contribution in [0.3, 0.4) is 0 Å². The van der Waals surface area contributed by atoms with E-state index in [1.807, 2.05) is 0 Å². The van der Waals surface area contributed by atoms with Crippen molar-refractivity contribution in [2.24, 2.45) is 5.92 Å². The van der Waals surface area contributed by atoms with E-state index in [0.717, 1.165) is 36.9 Å². The van der Waals surface area contributed by atoms with Gasteiger partial charge in [0.15, 0.2) is 0 Å². The minimum absolute atomic E-state index is 0.769. The lowest BCUT2D eigenvalue weighted by Crippen LogP contribution is -2.15. The Labute approximate surface area is 86.7 Å². The first-order valence-corrected chi connectivity index (χ1v) is 5.50. The second-order valence-corrected chi connectivity index (χ2v) is 4.08. The fourth-order valence-electron chi connectivity index (χ4n) is 1.31. The van der Waals surface area contributed by atoms with Gasteiger partial charge in [-0.1, -0.05) is 20.8 Å². The molecule has 0 unspecified atom stereocenters. The summed E-state index contributed by atoms with van der Waals surface area (Å²) in [4.78, 5) is 0. The fourth-order valence-corrected chi connectivity index (χ4v) is 1.31. The molecular weight excluding hydrogens is 174 g/mol.